The summed E-state index contributed by atoms with van der Waals surface area (Å²) in [7, 11) is 0. The third-order valence-electron chi connectivity index (χ3n) is 5.93. The van der Waals surface area contributed by atoms with Crippen LogP contribution in [-0.4, -0.2) is 43.1 Å². The Hall–Kier alpha value is -3.57. The first-order valence-corrected chi connectivity index (χ1v) is 12.9. The molecule has 1 aromatic heterocycles. The van der Waals surface area contributed by atoms with Crippen molar-refractivity contribution >= 4 is 23.4 Å². The molecule has 0 saturated carbocycles. The normalized spacial score (nSPS) is 19.5. The molecule has 0 aliphatic carbocycles. The highest BCUT2D eigenvalue weighted by molar-refractivity contribution is 7.99. The van der Waals surface area contributed by atoms with Gasteiger partial charge in [0.15, 0.2) is 6.29 Å². The number of rotatable bonds is 8. The van der Waals surface area contributed by atoms with E-state index >= 15 is 0 Å². The fourth-order valence-electron chi connectivity index (χ4n) is 4.16. The number of para-hydroxylation sites is 1. The average Bonchev–Trinajstić information content (AvgIpc) is 3.41. The van der Waals surface area contributed by atoms with Crippen molar-refractivity contribution in [3.63, 3.8) is 0 Å². The summed E-state index contributed by atoms with van der Waals surface area (Å²) in [6.45, 7) is 1.46. The first kappa shape index (κ1) is 25.1. The summed E-state index contributed by atoms with van der Waals surface area (Å²) in [4.78, 5) is 11.6. The van der Waals surface area contributed by atoms with Crippen LogP contribution in [0.4, 0.5) is 5.69 Å². The third-order valence-corrected chi connectivity index (χ3v) is 6.99. The number of amides is 1. The topological polar surface area (TPSA) is 111 Å². The van der Waals surface area contributed by atoms with E-state index in [1.807, 2.05) is 78.9 Å². The van der Waals surface area contributed by atoms with E-state index < -0.39 is 6.29 Å². The third kappa shape index (κ3) is 6.23. The number of thioether (sulfide) groups is 1. The summed E-state index contributed by atoms with van der Waals surface area (Å²) in [5.74, 6) is 0.471. The molecule has 1 aliphatic heterocycles. The highest BCUT2D eigenvalue weighted by Crippen LogP contribution is 2.39. The quantitative estimate of drug-likeness (QED) is 0.330. The van der Waals surface area contributed by atoms with Crippen molar-refractivity contribution in [3.05, 3.63) is 95.6 Å². The number of anilines is 1. The number of aromatic nitrogens is 4. The van der Waals surface area contributed by atoms with E-state index in [0.717, 1.165) is 22.4 Å². The Kier molecular flexibility index (Phi) is 7.90. The molecule has 0 radical (unpaired) electrons. The van der Waals surface area contributed by atoms with Crippen molar-refractivity contribution in [2.45, 2.75) is 43.6 Å². The summed E-state index contributed by atoms with van der Waals surface area (Å²) in [5, 5.41) is 25.1. The molecule has 3 atom stereocenters. The minimum Gasteiger partial charge on any atom is -0.392 e. The number of ether oxygens (including phenoxy) is 2. The molecule has 0 spiro atoms. The van der Waals surface area contributed by atoms with E-state index in [-0.39, 0.29) is 24.7 Å². The van der Waals surface area contributed by atoms with Gasteiger partial charge in [-0.15, -0.1) is 5.10 Å². The Labute approximate surface area is 218 Å². The number of nitrogens with one attached hydrogen (secondary N) is 1. The molecule has 190 valence electrons. The summed E-state index contributed by atoms with van der Waals surface area (Å²) < 4.78 is 14.5. The van der Waals surface area contributed by atoms with Crippen LogP contribution >= 0.6 is 11.8 Å². The van der Waals surface area contributed by atoms with Crippen LogP contribution < -0.4 is 5.32 Å². The molecule has 1 aliphatic rings. The Bertz CT molecular complexity index is 1330. The largest absolute Gasteiger partial charge is 0.392 e. The summed E-state index contributed by atoms with van der Waals surface area (Å²) >= 11 is 1.52. The number of nitrogens with zero attached hydrogens (tertiary/aromatic N) is 4. The molecular weight excluding hydrogens is 490 g/mol. The van der Waals surface area contributed by atoms with Crippen molar-refractivity contribution in [2.75, 3.05) is 11.1 Å². The number of hydrogen-bond acceptors (Lipinski definition) is 8. The molecule has 3 aromatic carbocycles. The van der Waals surface area contributed by atoms with Gasteiger partial charge in [0.2, 0.25) is 11.1 Å². The zero-order chi connectivity index (χ0) is 25.6. The first-order chi connectivity index (χ1) is 18.1. The van der Waals surface area contributed by atoms with E-state index in [1.165, 1.54) is 18.7 Å². The van der Waals surface area contributed by atoms with Crippen molar-refractivity contribution in [2.24, 2.45) is 0 Å². The Balaban J connectivity index is 1.37. The highest BCUT2D eigenvalue weighted by Gasteiger charge is 2.32. The van der Waals surface area contributed by atoms with Gasteiger partial charge in [-0.1, -0.05) is 66.4 Å². The first-order valence-electron chi connectivity index (χ1n) is 11.9. The van der Waals surface area contributed by atoms with Crippen LogP contribution in [0.25, 0.3) is 5.69 Å². The van der Waals surface area contributed by atoms with Gasteiger partial charge in [0, 0.05) is 30.3 Å². The maximum absolute atomic E-state index is 11.6. The lowest BCUT2D eigenvalue weighted by Crippen LogP contribution is -2.31. The maximum Gasteiger partial charge on any atom is 0.221 e. The van der Waals surface area contributed by atoms with Crippen molar-refractivity contribution in [1.82, 2.24) is 20.2 Å². The van der Waals surface area contributed by atoms with Crippen molar-refractivity contribution in [1.29, 1.82) is 0 Å². The number of aliphatic hydroxyl groups is 1. The Morgan fingerprint density at radius 1 is 1.05 bits per heavy atom. The van der Waals surface area contributed by atoms with Gasteiger partial charge < -0.3 is 19.9 Å². The Morgan fingerprint density at radius 3 is 2.62 bits per heavy atom. The lowest BCUT2D eigenvalue weighted by Gasteiger charge is -2.36. The number of tetrazole rings is 1. The van der Waals surface area contributed by atoms with Crippen LogP contribution in [0.15, 0.2) is 84.0 Å². The molecule has 10 heteroatoms. The van der Waals surface area contributed by atoms with E-state index in [2.05, 4.69) is 20.8 Å². The number of aliphatic hydroxyl groups excluding tert-OH is 1. The molecule has 2 N–H and O–H groups in total. The van der Waals surface area contributed by atoms with Gasteiger partial charge in [0.25, 0.3) is 0 Å². The van der Waals surface area contributed by atoms with Crippen molar-refractivity contribution in [3.8, 4) is 5.69 Å². The van der Waals surface area contributed by atoms with Crippen LogP contribution in [0.5, 0.6) is 0 Å². The molecule has 0 bridgehead atoms. The smallest absolute Gasteiger partial charge is 0.221 e. The number of benzene rings is 3. The molecule has 37 heavy (non-hydrogen) atoms. The van der Waals surface area contributed by atoms with Crippen LogP contribution in [0.3, 0.4) is 0 Å². The molecule has 1 amide bonds. The second-order valence-corrected chi connectivity index (χ2v) is 9.66. The van der Waals surface area contributed by atoms with Gasteiger partial charge in [-0.05, 0) is 45.8 Å². The SMILES string of the molecule is CC(=O)Nc1cccc([C@@H]2O[C@H](CSc3nnnn3-c3ccccc3)C[C@H](c3ccc(CO)cc3)O2)c1. The molecular formula is C27H27N5O4S. The van der Waals surface area contributed by atoms with Gasteiger partial charge >= 0.3 is 0 Å². The van der Waals surface area contributed by atoms with Crippen LogP contribution in [0.1, 0.15) is 42.4 Å². The molecule has 0 unspecified atom stereocenters. The summed E-state index contributed by atoms with van der Waals surface area (Å²) in [6.07, 6.45) is -0.357. The van der Waals surface area contributed by atoms with Crippen LogP contribution in [0, 0.1) is 0 Å². The molecule has 2 heterocycles. The van der Waals surface area contributed by atoms with E-state index in [0.29, 0.717) is 23.0 Å². The van der Waals surface area contributed by atoms with E-state index in [9.17, 15) is 9.90 Å². The zero-order valence-electron chi connectivity index (χ0n) is 20.2. The number of hydrogen-bond donors (Lipinski definition) is 2. The van der Waals surface area contributed by atoms with Gasteiger partial charge in [-0.25, -0.2) is 0 Å². The Morgan fingerprint density at radius 2 is 1.86 bits per heavy atom. The molecule has 4 aromatic rings. The minimum atomic E-state index is -0.624. The molecule has 5 rings (SSSR count). The molecule has 9 nitrogen and oxygen atoms in total. The number of carbonyl (C=O) groups excluding carboxylic acids is 1. The van der Waals surface area contributed by atoms with Crippen LogP contribution in [-0.2, 0) is 20.9 Å². The molecule has 1 fully saturated rings. The molecule has 1 saturated heterocycles. The van der Waals surface area contributed by atoms with Gasteiger partial charge in [0.05, 0.1) is 24.5 Å². The van der Waals surface area contributed by atoms with Gasteiger partial charge in [-0.2, -0.15) is 4.68 Å². The maximum atomic E-state index is 11.6. The average molecular weight is 518 g/mol. The van der Waals surface area contributed by atoms with Gasteiger partial charge in [0.1, 0.15) is 0 Å². The summed E-state index contributed by atoms with van der Waals surface area (Å²) in [6, 6.07) is 25.0. The standard InChI is InChI=1S/C27H27N5O4S/c1-18(34)28-22-7-5-6-21(14-22)26-35-24(15-25(36-26)20-12-10-19(16-33)11-13-20)17-37-27-29-30-31-32(27)23-8-3-2-4-9-23/h2-14,24-26,33H,15-17H2,1H3,(H,28,34)/t24-,25+,26+/m0/s1. The lowest BCUT2D eigenvalue weighted by molar-refractivity contribution is -0.245. The predicted molar refractivity (Wildman–Crippen MR) is 139 cm³/mol. The second-order valence-electron chi connectivity index (χ2n) is 8.68. The summed E-state index contributed by atoms with van der Waals surface area (Å²) in [5.41, 5.74) is 4.23. The lowest BCUT2D eigenvalue weighted by atomic mass is 10.0. The van der Waals surface area contributed by atoms with Crippen molar-refractivity contribution < 1.29 is 19.4 Å². The van der Waals surface area contributed by atoms with E-state index in [4.69, 9.17) is 9.47 Å². The zero-order valence-corrected chi connectivity index (χ0v) is 21.0. The predicted octanol–water partition coefficient (Wildman–Crippen LogP) is 4.45. The second kappa shape index (κ2) is 11.7. The highest BCUT2D eigenvalue weighted by atomic mass is 32.2. The monoisotopic (exact) mass is 517 g/mol. The number of carbonyl (C=O) groups is 1. The fourth-order valence-corrected chi connectivity index (χ4v) is 5.06. The van der Waals surface area contributed by atoms with Gasteiger partial charge in [-0.3, -0.25) is 4.79 Å². The van der Waals surface area contributed by atoms with E-state index in [1.54, 1.807) is 4.68 Å². The van der Waals surface area contributed by atoms with Crippen LogP contribution in [0.2, 0.25) is 0 Å². The minimum absolute atomic E-state index is 0.0110. The fraction of sp³-hybridized carbons (Fsp3) is 0.259.